The van der Waals surface area contributed by atoms with Gasteiger partial charge in [-0.05, 0) is 58.7 Å². The summed E-state index contributed by atoms with van der Waals surface area (Å²) >= 11 is 3.34. The number of hydrogen-bond acceptors (Lipinski definition) is 3. The number of halogens is 1. The standard InChI is InChI=1S/C22H18BrN3O3/c1-14-8-2-3-9-15(14)21(28)25-26-22(29)17-11-5-7-13-19(17)24-20(27)16-10-4-6-12-18(16)23/h2-13H,1H3,(H,24,27)(H,25,28)(H,26,29). The Hall–Kier alpha value is -3.45. The van der Waals surface area contributed by atoms with Gasteiger partial charge < -0.3 is 5.32 Å². The lowest BCUT2D eigenvalue weighted by Gasteiger charge is -2.13. The fourth-order valence-electron chi connectivity index (χ4n) is 2.70. The number of rotatable bonds is 4. The lowest BCUT2D eigenvalue weighted by atomic mass is 10.1. The molecule has 0 heterocycles. The number of para-hydroxylation sites is 1. The van der Waals surface area contributed by atoms with E-state index in [1.54, 1.807) is 60.7 Å². The van der Waals surface area contributed by atoms with Crippen LogP contribution in [0, 0.1) is 6.92 Å². The van der Waals surface area contributed by atoms with Crippen LogP contribution in [0.1, 0.15) is 36.6 Å². The van der Waals surface area contributed by atoms with E-state index in [9.17, 15) is 14.4 Å². The molecule has 3 aromatic carbocycles. The van der Waals surface area contributed by atoms with E-state index in [0.717, 1.165) is 5.56 Å². The van der Waals surface area contributed by atoms with Gasteiger partial charge in [-0.15, -0.1) is 0 Å². The first kappa shape index (κ1) is 20.3. The quantitative estimate of drug-likeness (QED) is 0.522. The topological polar surface area (TPSA) is 87.3 Å². The summed E-state index contributed by atoms with van der Waals surface area (Å²) in [6.07, 6.45) is 0. The largest absolute Gasteiger partial charge is 0.321 e. The molecule has 0 unspecified atom stereocenters. The third kappa shape index (κ3) is 4.89. The number of aryl methyl sites for hydroxylation is 1. The summed E-state index contributed by atoms with van der Waals surface area (Å²) in [5.74, 6) is -1.33. The Morgan fingerprint density at radius 2 is 1.17 bits per heavy atom. The molecule has 0 radical (unpaired) electrons. The molecule has 0 aliphatic heterocycles. The van der Waals surface area contributed by atoms with Gasteiger partial charge in [0.05, 0.1) is 16.8 Å². The summed E-state index contributed by atoms with van der Waals surface area (Å²) in [5, 5.41) is 2.73. The summed E-state index contributed by atoms with van der Waals surface area (Å²) in [5.41, 5.74) is 7.03. The molecule has 0 atom stereocenters. The van der Waals surface area contributed by atoms with Gasteiger partial charge >= 0.3 is 0 Å². The number of carbonyl (C=O) groups is 3. The predicted octanol–water partition coefficient (Wildman–Crippen LogP) is 4.08. The molecule has 0 aliphatic carbocycles. The van der Waals surface area contributed by atoms with Crippen molar-refractivity contribution in [2.45, 2.75) is 6.92 Å². The Labute approximate surface area is 176 Å². The zero-order valence-corrected chi connectivity index (χ0v) is 17.1. The smallest absolute Gasteiger partial charge is 0.271 e. The molecule has 3 rings (SSSR count). The van der Waals surface area contributed by atoms with Crippen molar-refractivity contribution in [3.8, 4) is 0 Å². The van der Waals surface area contributed by atoms with Crippen molar-refractivity contribution in [2.75, 3.05) is 5.32 Å². The maximum Gasteiger partial charge on any atom is 0.271 e. The number of hydrogen-bond donors (Lipinski definition) is 3. The zero-order valence-electron chi connectivity index (χ0n) is 15.5. The summed E-state index contributed by atoms with van der Waals surface area (Å²) in [4.78, 5) is 37.4. The maximum atomic E-state index is 12.6. The third-order valence-electron chi connectivity index (χ3n) is 4.22. The van der Waals surface area contributed by atoms with Gasteiger partial charge in [0.1, 0.15) is 0 Å². The Bertz CT molecular complexity index is 1080. The molecule has 3 N–H and O–H groups in total. The zero-order chi connectivity index (χ0) is 20.8. The van der Waals surface area contributed by atoms with E-state index in [1.165, 1.54) is 0 Å². The molecule has 0 saturated carbocycles. The molecular weight excluding hydrogens is 434 g/mol. The maximum absolute atomic E-state index is 12.6. The van der Waals surface area contributed by atoms with E-state index in [0.29, 0.717) is 21.3 Å². The molecule has 0 aromatic heterocycles. The number of carbonyl (C=O) groups excluding carboxylic acids is 3. The number of anilines is 1. The minimum atomic E-state index is -0.546. The number of nitrogens with one attached hydrogen (secondary N) is 3. The van der Waals surface area contributed by atoms with Crippen LogP contribution in [0.25, 0.3) is 0 Å². The van der Waals surface area contributed by atoms with Crippen LogP contribution in [0.2, 0.25) is 0 Å². The molecule has 0 saturated heterocycles. The van der Waals surface area contributed by atoms with Gasteiger partial charge in [-0.2, -0.15) is 0 Å². The van der Waals surface area contributed by atoms with E-state index < -0.39 is 11.8 Å². The first-order chi connectivity index (χ1) is 14.0. The van der Waals surface area contributed by atoms with Gasteiger partial charge in [0.2, 0.25) is 0 Å². The fraction of sp³-hybridized carbons (Fsp3) is 0.0455. The molecule has 0 aliphatic rings. The van der Waals surface area contributed by atoms with Crippen molar-refractivity contribution in [1.29, 1.82) is 0 Å². The summed E-state index contributed by atoms with van der Waals surface area (Å²) in [7, 11) is 0. The number of amides is 3. The van der Waals surface area contributed by atoms with Crippen LogP contribution in [-0.2, 0) is 0 Å². The Morgan fingerprint density at radius 1 is 0.655 bits per heavy atom. The summed E-state index contributed by atoms with van der Waals surface area (Å²) in [6, 6.07) is 20.6. The average Bonchev–Trinajstić information content (AvgIpc) is 2.72. The van der Waals surface area contributed by atoms with Crippen molar-refractivity contribution in [3.63, 3.8) is 0 Å². The van der Waals surface area contributed by atoms with E-state index >= 15 is 0 Å². The van der Waals surface area contributed by atoms with Crippen molar-refractivity contribution < 1.29 is 14.4 Å². The van der Waals surface area contributed by atoms with Crippen molar-refractivity contribution in [3.05, 3.63) is 99.5 Å². The molecule has 29 heavy (non-hydrogen) atoms. The second kappa shape index (κ2) is 9.16. The highest BCUT2D eigenvalue weighted by Crippen LogP contribution is 2.20. The van der Waals surface area contributed by atoms with E-state index in [1.807, 2.05) is 19.1 Å². The lowest BCUT2D eigenvalue weighted by molar-refractivity contribution is 0.0846. The van der Waals surface area contributed by atoms with Crippen LogP contribution in [0.3, 0.4) is 0 Å². The number of benzene rings is 3. The van der Waals surface area contributed by atoms with Gasteiger partial charge in [-0.25, -0.2) is 0 Å². The molecule has 6 nitrogen and oxygen atoms in total. The van der Waals surface area contributed by atoms with Crippen molar-refractivity contribution >= 4 is 39.3 Å². The Balaban J connectivity index is 1.72. The molecule has 7 heteroatoms. The van der Waals surface area contributed by atoms with Gasteiger partial charge in [-0.3, -0.25) is 25.2 Å². The van der Waals surface area contributed by atoms with E-state index in [2.05, 4.69) is 32.1 Å². The molecule has 0 bridgehead atoms. The van der Waals surface area contributed by atoms with Crippen LogP contribution in [0.15, 0.2) is 77.3 Å². The van der Waals surface area contributed by atoms with Gasteiger partial charge in [-0.1, -0.05) is 42.5 Å². The highest BCUT2D eigenvalue weighted by molar-refractivity contribution is 9.10. The second-order valence-electron chi connectivity index (χ2n) is 6.20. The highest BCUT2D eigenvalue weighted by Gasteiger charge is 2.16. The Kier molecular flexibility index (Phi) is 6.41. The molecule has 3 aromatic rings. The minimum absolute atomic E-state index is 0.220. The minimum Gasteiger partial charge on any atom is -0.321 e. The second-order valence-corrected chi connectivity index (χ2v) is 7.06. The van der Waals surface area contributed by atoms with Crippen LogP contribution in [0.4, 0.5) is 5.69 Å². The van der Waals surface area contributed by atoms with Crippen LogP contribution in [-0.4, -0.2) is 17.7 Å². The fourth-order valence-corrected chi connectivity index (χ4v) is 3.17. The van der Waals surface area contributed by atoms with Crippen molar-refractivity contribution in [2.24, 2.45) is 0 Å². The van der Waals surface area contributed by atoms with Crippen LogP contribution >= 0.6 is 15.9 Å². The van der Waals surface area contributed by atoms with Crippen LogP contribution in [0.5, 0.6) is 0 Å². The summed E-state index contributed by atoms with van der Waals surface area (Å²) in [6.45, 7) is 1.81. The third-order valence-corrected chi connectivity index (χ3v) is 4.91. The average molecular weight is 452 g/mol. The van der Waals surface area contributed by atoms with Gasteiger partial charge in [0.15, 0.2) is 0 Å². The molecule has 0 spiro atoms. The molecule has 3 amide bonds. The molecular formula is C22H18BrN3O3. The SMILES string of the molecule is Cc1ccccc1C(=O)NNC(=O)c1ccccc1NC(=O)c1ccccc1Br. The van der Waals surface area contributed by atoms with E-state index in [4.69, 9.17) is 0 Å². The van der Waals surface area contributed by atoms with Gasteiger partial charge in [0.25, 0.3) is 17.7 Å². The van der Waals surface area contributed by atoms with Gasteiger partial charge in [0, 0.05) is 10.0 Å². The molecule has 0 fully saturated rings. The summed E-state index contributed by atoms with van der Waals surface area (Å²) < 4.78 is 0.643. The Morgan fingerprint density at radius 3 is 1.83 bits per heavy atom. The van der Waals surface area contributed by atoms with Crippen molar-refractivity contribution in [1.82, 2.24) is 10.9 Å². The lowest BCUT2D eigenvalue weighted by Crippen LogP contribution is -2.42. The molecule has 146 valence electrons. The first-order valence-electron chi connectivity index (χ1n) is 8.78. The monoisotopic (exact) mass is 451 g/mol. The predicted molar refractivity (Wildman–Crippen MR) is 115 cm³/mol. The van der Waals surface area contributed by atoms with Crippen LogP contribution < -0.4 is 16.2 Å². The first-order valence-corrected chi connectivity index (χ1v) is 9.58. The number of hydrazine groups is 1. The highest BCUT2D eigenvalue weighted by atomic mass is 79.9. The van der Waals surface area contributed by atoms with E-state index in [-0.39, 0.29) is 11.5 Å². The normalized spacial score (nSPS) is 10.1.